The molecule has 3 unspecified atom stereocenters. The van der Waals surface area contributed by atoms with Gasteiger partial charge in [-0.05, 0) is 115 Å². The van der Waals surface area contributed by atoms with Crippen LogP contribution in [0.5, 0.6) is 0 Å². The lowest BCUT2D eigenvalue weighted by molar-refractivity contribution is -0.228. The molecule has 5 aliphatic rings. The maximum atomic E-state index is 14.2. The summed E-state index contributed by atoms with van der Waals surface area (Å²) in [6.07, 6.45) is 8.11. The monoisotopic (exact) mass is 550 g/mol. The van der Waals surface area contributed by atoms with Crippen molar-refractivity contribution < 1.29 is 19.2 Å². The SMILES string of the molecule is Cc1cc(NC(=O)[C@@]23CC[C@]4(C)C(CCC5[C@@]6(C)CC[C@H](O)C(C)(C)C6CC[C@]54C)C2=C(C(C)C)C(=O)C3)no1. The van der Waals surface area contributed by atoms with Gasteiger partial charge in [-0.15, -0.1) is 0 Å². The van der Waals surface area contributed by atoms with Crippen LogP contribution in [-0.4, -0.2) is 28.1 Å². The first kappa shape index (κ1) is 28.2. The highest BCUT2D eigenvalue weighted by atomic mass is 16.5. The lowest BCUT2D eigenvalue weighted by Crippen LogP contribution is -2.66. The third-order valence-corrected chi connectivity index (χ3v) is 13.7. The Bertz CT molecular complexity index is 1280. The molecule has 1 aromatic rings. The molecule has 220 valence electrons. The number of allylic oxidation sites excluding steroid dienone is 1. The van der Waals surface area contributed by atoms with Crippen molar-refractivity contribution in [3.63, 3.8) is 0 Å². The number of anilines is 1. The number of aryl methyl sites for hydroxylation is 1. The molecule has 0 bridgehead atoms. The molecular weight excluding hydrogens is 500 g/mol. The van der Waals surface area contributed by atoms with Crippen LogP contribution < -0.4 is 5.32 Å². The van der Waals surface area contributed by atoms with Crippen LogP contribution in [-0.2, 0) is 9.59 Å². The van der Waals surface area contributed by atoms with E-state index < -0.39 is 5.41 Å². The summed E-state index contributed by atoms with van der Waals surface area (Å²) in [5, 5.41) is 18.1. The number of fused-ring (bicyclic) bond motifs is 7. The van der Waals surface area contributed by atoms with E-state index >= 15 is 0 Å². The summed E-state index contributed by atoms with van der Waals surface area (Å²) in [6, 6.07) is 1.75. The van der Waals surface area contributed by atoms with Crippen LogP contribution in [0.15, 0.2) is 21.7 Å². The number of nitrogens with zero attached hydrogens (tertiary/aromatic N) is 1. The summed E-state index contributed by atoms with van der Waals surface area (Å²) >= 11 is 0. The van der Waals surface area contributed by atoms with Gasteiger partial charge in [0.15, 0.2) is 11.6 Å². The molecule has 4 saturated carbocycles. The van der Waals surface area contributed by atoms with Crippen molar-refractivity contribution in [3.05, 3.63) is 23.0 Å². The van der Waals surface area contributed by atoms with E-state index in [4.69, 9.17) is 4.52 Å². The predicted molar refractivity (Wildman–Crippen MR) is 155 cm³/mol. The smallest absolute Gasteiger partial charge is 0.236 e. The van der Waals surface area contributed by atoms with Gasteiger partial charge >= 0.3 is 0 Å². The maximum Gasteiger partial charge on any atom is 0.236 e. The van der Waals surface area contributed by atoms with Crippen molar-refractivity contribution in [2.24, 2.45) is 50.7 Å². The lowest BCUT2D eigenvalue weighted by atomic mass is 9.33. The first-order chi connectivity index (χ1) is 18.6. The molecule has 6 heteroatoms. The number of hydrogen-bond donors (Lipinski definition) is 2. The molecule has 40 heavy (non-hydrogen) atoms. The van der Waals surface area contributed by atoms with Gasteiger partial charge in [-0.2, -0.15) is 0 Å². The quantitative estimate of drug-likeness (QED) is 0.413. The Kier molecular flexibility index (Phi) is 6.19. The Labute approximate surface area is 240 Å². The molecule has 6 nitrogen and oxygen atoms in total. The number of Topliss-reactive ketones (excluding diaryl/α,β-unsaturated/α-hetero) is 1. The summed E-state index contributed by atoms with van der Waals surface area (Å²) < 4.78 is 5.23. The topological polar surface area (TPSA) is 92.4 Å². The number of hydrogen-bond acceptors (Lipinski definition) is 5. The van der Waals surface area contributed by atoms with Gasteiger partial charge in [0.2, 0.25) is 5.91 Å². The van der Waals surface area contributed by atoms with E-state index in [1.54, 1.807) is 6.07 Å². The van der Waals surface area contributed by atoms with Crippen LogP contribution in [0.2, 0.25) is 0 Å². The van der Waals surface area contributed by atoms with Crippen LogP contribution in [0, 0.1) is 57.7 Å². The van der Waals surface area contributed by atoms with E-state index in [1.807, 2.05) is 6.92 Å². The van der Waals surface area contributed by atoms with Crippen LogP contribution >= 0.6 is 0 Å². The van der Waals surface area contributed by atoms with E-state index in [0.717, 1.165) is 56.1 Å². The predicted octanol–water partition coefficient (Wildman–Crippen LogP) is 7.26. The highest BCUT2D eigenvalue weighted by Gasteiger charge is 2.70. The lowest BCUT2D eigenvalue weighted by Gasteiger charge is -2.72. The molecule has 0 spiro atoms. The van der Waals surface area contributed by atoms with Crippen molar-refractivity contribution in [2.45, 2.75) is 119 Å². The number of carbonyl (C=O) groups excluding carboxylic acids is 2. The summed E-state index contributed by atoms with van der Waals surface area (Å²) in [7, 11) is 0. The minimum atomic E-state index is -0.797. The van der Waals surface area contributed by atoms with E-state index in [0.29, 0.717) is 29.8 Å². The zero-order valence-electron chi connectivity index (χ0n) is 25.9. The molecule has 1 amide bonds. The Hall–Kier alpha value is -1.95. The number of ketones is 1. The van der Waals surface area contributed by atoms with Crippen molar-refractivity contribution in [1.29, 1.82) is 0 Å². The van der Waals surface area contributed by atoms with E-state index in [-0.39, 0.29) is 57.7 Å². The number of aromatic nitrogens is 1. The van der Waals surface area contributed by atoms with Crippen LogP contribution in [0.4, 0.5) is 5.82 Å². The van der Waals surface area contributed by atoms with E-state index in [9.17, 15) is 14.7 Å². The van der Waals surface area contributed by atoms with Gasteiger partial charge in [0.05, 0.1) is 11.5 Å². The number of aliphatic hydroxyl groups excluding tert-OH is 1. The third kappa shape index (κ3) is 3.47. The summed E-state index contributed by atoms with van der Waals surface area (Å²) in [5.74, 6) is 2.55. The number of carbonyl (C=O) groups is 2. The van der Waals surface area contributed by atoms with Gasteiger partial charge < -0.3 is 14.9 Å². The number of nitrogens with one attached hydrogen (secondary N) is 1. The average Bonchev–Trinajstić information content (AvgIpc) is 3.42. The number of rotatable bonds is 3. The van der Waals surface area contributed by atoms with Gasteiger partial charge in [-0.25, -0.2) is 0 Å². The second-order valence-electron chi connectivity index (χ2n) is 15.9. The van der Waals surface area contributed by atoms with Gasteiger partial charge in [0.25, 0.3) is 0 Å². The number of amides is 1. The van der Waals surface area contributed by atoms with Crippen molar-refractivity contribution in [3.8, 4) is 0 Å². The third-order valence-electron chi connectivity index (χ3n) is 13.7. The molecular formula is C34H50N2O4. The van der Waals surface area contributed by atoms with Crippen LogP contribution in [0.25, 0.3) is 0 Å². The second kappa shape index (κ2) is 8.78. The van der Waals surface area contributed by atoms with Gasteiger partial charge in [-0.1, -0.05) is 53.6 Å². The van der Waals surface area contributed by atoms with Crippen molar-refractivity contribution >= 4 is 17.5 Å². The molecule has 6 rings (SSSR count). The van der Waals surface area contributed by atoms with Crippen LogP contribution in [0.3, 0.4) is 0 Å². The fourth-order valence-corrected chi connectivity index (χ4v) is 11.5. The van der Waals surface area contributed by atoms with E-state index in [2.05, 4.69) is 58.9 Å². The standard InChI is InChI=1S/C34H50N2O4/c1-19(2)27-22(37)18-34(29(39)35-26-17-20(3)40-36-26)16-15-32(7)21(28(27)34)9-10-24-31(6)13-12-25(38)30(4,5)23(31)11-14-33(24,32)8/h17,19,21,23-25,38H,9-16,18H2,1-8H3,(H,35,36,39)/t21?,23?,24?,25-,31-,32+,33+,34+/m0/s1. The molecule has 5 aliphatic carbocycles. The minimum Gasteiger partial charge on any atom is -0.393 e. The Morgan fingerprint density at radius 1 is 1.00 bits per heavy atom. The zero-order valence-corrected chi connectivity index (χ0v) is 25.9. The highest BCUT2D eigenvalue weighted by molar-refractivity contribution is 6.09. The van der Waals surface area contributed by atoms with Gasteiger partial charge in [-0.3, -0.25) is 9.59 Å². The highest BCUT2D eigenvalue weighted by Crippen LogP contribution is 2.76. The molecule has 2 N–H and O–H groups in total. The first-order valence-electron chi connectivity index (χ1n) is 15.8. The summed E-state index contributed by atoms with van der Waals surface area (Å²) in [4.78, 5) is 27.9. The Balaban J connectivity index is 1.42. The summed E-state index contributed by atoms with van der Waals surface area (Å²) in [6.45, 7) is 18.2. The molecule has 0 aromatic carbocycles. The minimum absolute atomic E-state index is 0.0124. The van der Waals surface area contributed by atoms with Gasteiger partial charge in [0, 0.05) is 12.5 Å². The fraction of sp³-hybridized carbons (Fsp3) is 0.794. The van der Waals surface area contributed by atoms with Crippen LogP contribution in [0.1, 0.15) is 112 Å². The van der Waals surface area contributed by atoms with Crippen molar-refractivity contribution in [1.82, 2.24) is 5.16 Å². The Morgan fingerprint density at radius 2 is 1.73 bits per heavy atom. The molecule has 0 saturated heterocycles. The molecule has 4 fully saturated rings. The average molecular weight is 551 g/mol. The second-order valence-corrected chi connectivity index (χ2v) is 15.9. The van der Waals surface area contributed by atoms with Gasteiger partial charge in [0.1, 0.15) is 5.76 Å². The van der Waals surface area contributed by atoms with E-state index in [1.165, 1.54) is 0 Å². The molecule has 0 aliphatic heterocycles. The normalized spacial score (nSPS) is 44.1. The zero-order chi connectivity index (χ0) is 29.0. The molecule has 8 atom stereocenters. The largest absolute Gasteiger partial charge is 0.393 e. The maximum absolute atomic E-state index is 14.2. The van der Waals surface area contributed by atoms with Crippen molar-refractivity contribution in [2.75, 3.05) is 5.32 Å². The first-order valence-corrected chi connectivity index (χ1v) is 15.8. The number of aliphatic hydroxyl groups is 1. The Morgan fingerprint density at radius 3 is 2.38 bits per heavy atom. The summed E-state index contributed by atoms with van der Waals surface area (Å²) in [5.41, 5.74) is 1.54. The molecule has 0 radical (unpaired) electrons. The molecule has 1 heterocycles. The fourth-order valence-electron chi connectivity index (χ4n) is 11.5. The molecule has 1 aromatic heterocycles.